The number of urea groups is 1. The van der Waals surface area contributed by atoms with Gasteiger partial charge in [0.05, 0.1) is 10.1 Å². The first-order chi connectivity index (χ1) is 12.9. The second-order valence-corrected chi connectivity index (χ2v) is 8.85. The maximum atomic E-state index is 13.6. The Balaban J connectivity index is 1.59. The Hall–Kier alpha value is -2.48. The minimum absolute atomic E-state index is 0.0546. The van der Waals surface area contributed by atoms with E-state index >= 15 is 0 Å². The Kier molecular flexibility index (Phi) is 6.05. The molecule has 2 unspecified atom stereocenters. The lowest BCUT2D eigenvalue weighted by Gasteiger charge is -2.24. The molecule has 1 aromatic heterocycles. The Morgan fingerprint density at radius 3 is 2.63 bits per heavy atom. The Morgan fingerprint density at radius 2 is 1.96 bits per heavy atom. The number of carbonyl (C=O) groups is 1. The molecule has 0 radical (unpaired) electrons. The molecule has 1 fully saturated rings. The van der Waals surface area contributed by atoms with Crippen molar-refractivity contribution in [3.63, 3.8) is 0 Å². The first-order valence-corrected chi connectivity index (χ1v) is 10.4. The van der Waals surface area contributed by atoms with Crippen molar-refractivity contribution in [2.45, 2.75) is 48.5 Å². The van der Waals surface area contributed by atoms with Crippen molar-refractivity contribution >= 4 is 21.6 Å². The number of nitrogens with zero attached hydrogens (tertiary/aromatic N) is 1. The van der Waals surface area contributed by atoms with Gasteiger partial charge in [-0.3, -0.25) is 4.98 Å². The van der Waals surface area contributed by atoms with Crippen LogP contribution in [-0.2, 0) is 16.4 Å². The third kappa shape index (κ3) is 5.03. The largest absolute Gasteiger partial charge is 0.334 e. The molecular formula is C19H22FN3O3S. The molecule has 0 spiro atoms. The monoisotopic (exact) mass is 391 g/mol. The van der Waals surface area contributed by atoms with Crippen LogP contribution in [0.4, 0.5) is 14.9 Å². The van der Waals surface area contributed by atoms with Crippen LogP contribution in [0, 0.1) is 0 Å². The number of rotatable bonds is 5. The molecule has 2 atom stereocenters. The lowest BCUT2D eigenvalue weighted by atomic mass is 9.98. The zero-order chi connectivity index (χ0) is 19.3. The van der Waals surface area contributed by atoms with Gasteiger partial charge in [-0.2, -0.15) is 0 Å². The fourth-order valence-electron chi connectivity index (χ4n) is 3.15. The molecule has 0 aliphatic heterocycles. The highest BCUT2D eigenvalue weighted by atomic mass is 32.2. The summed E-state index contributed by atoms with van der Waals surface area (Å²) in [7, 11) is -3.56. The van der Waals surface area contributed by atoms with Gasteiger partial charge in [0, 0.05) is 24.6 Å². The van der Waals surface area contributed by atoms with Gasteiger partial charge in [-0.05, 0) is 61.6 Å². The van der Waals surface area contributed by atoms with Crippen molar-refractivity contribution in [2.24, 2.45) is 0 Å². The maximum Gasteiger partial charge on any atom is 0.319 e. The summed E-state index contributed by atoms with van der Waals surface area (Å²) in [5.41, 5.74) is 1.34. The van der Waals surface area contributed by atoms with Gasteiger partial charge < -0.3 is 10.6 Å². The van der Waals surface area contributed by atoms with E-state index in [4.69, 9.17) is 0 Å². The summed E-state index contributed by atoms with van der Waals surface area (Å²) in [4.78, 5) is 16.1. The number of nitrogens with one attached hydrogen (secondary N) is 2. The molecule has 1 aromatic carbocycles. The van der Waals surface area contributed by atoms with Crippen molar-refractivity contribution in [2.75, 3.05) is 5.32 Å². The second kappa shape index (κ2) is 8.47. The van der Waals surface area contributed by atoms with E-state index < -0.39 is 27.3 Å². The fourth-order valence-corrected chi connectivity index (χ4v) is 4.99. The first kappa shape index (κ1) is 19.3. The number of anilines is 1. The molecule has 2 amide bonds. The number of hydrogen-bond donors (Lipinski definition) is 2. The van der Waals surface area contributed by atoms with E-state index in [0.29, 0.717) is 31.5 Å². The average Bonchev–Trinajstić information content (AvgIpc) is 2.68. The van der Waals surface area contributed by atoms with Gasteiger partial charge in [0.15, 0.2) is 9.84 Å². The van der Waals surface area contributed by atoms with E-state index in [1.807, 2.05) is 6.07 Å². The standard InChI is InChI=1S/C19H22FN3O3S/c20-15-4-1-5-18(11-15)27(25,26)17-8-6-16(7-9-17)23-19(24)22-13-14-3-2-10-21-12-14/h2-3,6-10,12,15,18H,1,4-5,11,13H2,(H2,22,23,24). The molecule has 1 aliphatic rings. The van der Waals surface area contributed by atoms with Crippen LogP contribution in [0.2, 0.25) is 0 Å². The number of benzene rings is 1. The first-order valence-electron chi connectivity index (χ1n) is 8.87. The van der Waals surface area contributed by atoms with Crippen molar-refractivity contribution in [1.29, 1.82) is 0 Å². The SMILES string of the molecule is O=C(NCc1cccnc1)Nc1ccc(S(=O)(=O)C2CCCC(F)C2)cc1. The molecule has 1 saturated carbocycles. The van der Waals surface area contributed by atoms with Gasteiger partial charge in [0.2, 0.25) is 0 Å². The smallest absolute Gasteiger partial charge is 0.319 e. The van der Waals surface area contributed by atoms with E-state index in [1.165, 1.54) is 24.3 Å². The van der Waals surface area contributed by atoms with E-state index in [9.17, 15) is 17.6 Å². The third-order valence-electron chi connectivity index (χ3n) is 4.62. The quantitative estimate of drug-likeness (QED) is 0.817. The molecule has 27 heavy (non-hydrogen) atoms. The number of aromatic nitrogens is 1. The summed E-state index contributed by atoms with van der Waals surface area (Å²) < 4.78 is 38.9. The molecule has 1 aliphatic carbocycles. The number of hydrogen-bond acceptors (Lipinski definition) is 4. The summed E-state index contributed by atoms with van der Waals surface area (Å²) in [6.07, 6.45) is 3.82. The summed E-state index contributed by atoms with van der Waals surface area (Å²) in [6, 6.07) is 9.20. The number of alkyl halides is 1. The Labute approximate surface area is 158 Å². The molecule has 2 aromatic rings. The van der Waals surface area contributed by atoms with Gasteiger partial charge in [0.1, 0.15) is 6.17 Å². The van der Waals surface area contributed by atoms with E-state index in [0.717, 1.165) is 5.56 Å². The maximum absolute atomic E-state index is 13.6. The molecule has 6 nitrogen and oxygen atoms in total. The third-order valence-corrected chi connectivity index (χ3v) is 6.85. The van der Waals surface area contributed by atoms with Crippen LogP contribution < -0.4 is 10.6 Å². The van der Waals surface area contributed by atoms with Crippen LogP contribution >= 0.6 is 0 Å². The summed E-state index contributed by atoms with van der Waals surface area (Å²) in [5, 5.41) is 4.67. The van der Waals surface area contributed by atoms with E-state index in [1.54, 1.807) is 18.5 Å². The topological polar surface area (TPSA) is 88.2 Å². The van der Waals surface area contributed by atoms with Crippen LogP contribution in [0.25, 0.3) is 0 Å². The number of sulfone groups is 1. The van der Waals surface area contributed by atoms with Crippen molar-refractivity contribution in [3.8, 4) is 0 Å². The van der Waals surface area contributed by atoms with Gasteiger partial charge in [-0.1, -0.05) is 6.07 Å². The lowest BCUT2D eigenvalue weighted by Crippen LogP contribution is -2.29. The molecule has 3 rings (SSSR count). The second-order valence-electron chi connectivity index (χ2n) is 6.62. The van der Waals surface area contributed by atoms with Gasteiger partial charge in [0.25, 0.3) is 0 Å². The van der Waals surface area contributed by atoms with Gasteiger partial charge in [-0.25, -0.2) is 17.6 Å². The zero-order valence-electron chi connectivity index (χ0n) is 14.8. The minimum atomic E-state index is -3.56. The normalized spacial score (nSPS) is 20.0. The number of halogens is 1. The average molecular weight is 391 g/mol. The molecule has 0 bridgehead atoms. The highest BCUT2D eigenvalue weighted by Gasteiger charge is 2.32. The number of amides is 2. The van der Waals surface area contributed by atoms with Crippen molar-refractivity contribution < 1.29 is 17.6 Å². The number of pyridine rings is 1. The fraction of sp³-hybridized carbons (Fsp3) is 0.368. The van der Waals surface area contributed by atoms with Crippen LogP contribution in [0.1, 0.15) is 31.2 Å². The van der Waals surface area contributed by atoms with Crippen molar-refractivity contribution in [3.05, 3.63) is 54.4 Å². The Bertz CT molecular complexity index is 873. The predicted molar refractivity (Wildman–Crippen MR) is 101 cm³/mol. The zero-order valence-corrected chi connectivity index (χ0v) is 15.6. The van der Waals surface area contributed by atoms with Gasteiger partial charge >= 0.3 is 6.03 Å². The van der Waals surface area contributed by atoms with E-state index in [-0.39, 0.29) is 11.3 Å². The molecule has 1 heterocycles. The highest BCUT2D eigenvalue weighted by Crippen LogP contribution is 2.30. The van der Waals surface area contributed by atoms with Crippen molar-refractivity contribution in [1.82, 2.24) is 10.3 Å². The summed E-state index contributed by atoms with van der Waals surface area (Å²) in [5.74, 6) is 0. The van der Waals surface area contributed by atoms with Gasteiger partial charge in [-0.15, -0.1) is 0 Å². The Morgan fingerprint density at radius 1 is 1.19 bits per heavy atom. The number of carbonyl (C=O) groups excluding carboxylic acids is 1. The van der Waals surface area contributed by atoms with Crippen LogP contribution in [0.3, 0.4) is 0 Å². The molecule has 2 N–H and O–H groups in total. The lowest BCUT2D eigenvalue weighted by molar-refractivity contribution is 0.251. The minimum Gasteiger partial charge on any atom is -0.334 e. The van der Waals surface area contributed by atoms with Crippen LogP contribution in [0.15, 0.2) is 53.7 Å². The van der Waals surface area contributed by atoms with Crippen LogP contribution in [0.5, 0.6) is 0 Å². The highest BCUT2D eigenvalue weighted by molar-refractivity contribution is 7.92. The van der Waals surface area contributed by atoms with E-state index in [2.05, 4.69) is 15.6 Å². The van der Waals surface area contributed by atoms with Crippen LogP contribution in [-0.4, -0.2) is 30.9 Å². The summed E-state index contributed by atoms with van der Waals surface area (Å²) >= 11 is 0. The summed E-state index contributed by atoms with van der Waals surface area (Å²) in [6.45, 7) is 0.332. The molecule has 144 valence electrons. The molecular weight excluding hydrogens is 369 g/mol. The predicted octanol–water partition coefficient (Wildman–Crippen LogP) is 3.46. The molecule has 8 heteroatoms. The molecule has 0 saturated heterocycles.